The third kappa shape index (κ3) is 9.12. The summed E-state index contributed by atoms with van der Waals surface area (Å²) in [7, 11) is 4.22. The van der Waals surface area contributed by atoms with Gasteiger partial charge in [0.25, 0.3) is 5.91 Å². The lowest BCUT2D eigenvalue weighted by molar-refractivity contribution is -0.141. The van der Waals surface area contributed by atoms with Crippen LogP contribution in [0.15, 0.2) is 85.5 Å². The highest BCUT2D eigenvalue weighted by molar-refractivity contribution is 5.87. The summed E-state index contributed by atoms with van der Waals surface area (Å²) in [5.41, 5.74) is 6.48. The first-order chi connectivity index (χ1) is 28.7. The number of benzene rings is 2. The van der Waals surface area contributed by atoms with E-state index in [4.69, 9.17) is 14.2 Å². The van der Waals surface area contributed by atoms with Crippen LogP contribution in [0.5, 0.6) is 0 Å². The molecule has 5 atom stereocenters. The highest BCUT2D eigenvalue weighted by Crippen LogP contribution is 2.35. The fourth-order valence-corrected chi connectivity index (χ4v) is 7.79. The maximum Gasteiger partial charge on any atom is 0.407 e. The predicted molar refractivity (Wildman–Crippen MR) is 217 cm³/mol. The van der Waals surface area contributed by atoms with Gasteiger partial charge in [-0.1, -0.05) is 48.5 Å². The number of H-pyrrole nitrogens is 2. The van der Waals surface area contributed by atoms with E-state index in [0.717, 1.165) is 64.9 Å². The van der Waals surface area contributed by atoms with Gasteiger partial charge in [-0.3, -0.25) is 14.6 Å². The van der Waals surface area contributed by atoms with Crippen molar-refractivity contribution in [2.75, 3.05) is 34.4 Å². The molecule has 4 N–H and O–H groups in total. The van der Waals surface area contributed by atoms with Crippen molar-refractivity contribution in [3.63, 3.8) is 0 Å². The number of carbonyl (C=O) groups is 4. The van der Waals surface area contributed by atoms with Crippen molar-refractivity contribution >= 4 is 24.0 Å². The molecule has 5 aromatic rings. The summed E-state index contributed by atoms with van der Waals surface area (Å²) in [6.07, 6.45) is 7.26. The summed E-state index contributed by atoms with van der Waals surface area (Å²) >= 11 is 0. The summed E-state index contributed by atoms with van der Waals surface area (Å²) < 4.78 is 15.7. The number of pyridine rings is 1. The molecule has 2 aliphatic rings. The van der Waals surface area contributed by atoms with Crippen LogP contribution in [0.3, 0.4) is 0 Å². The summed E-state index contributed by atoms with van der Waals surface area (Å²) in [5.74, 6) is 0.849. The number of amides is 4. The molecule has 0 spiro atoms. The van der Waals surface area contributed by atoms with Crippen LogP contribution in [-0.4, -0.2) is 111 Å². The largest absolute Gasteiger partial charge is 0.453 e. The predicted octanol–water partition coefficient (Wildman–Crippen LogP) is 5.58. The van der Waals surface area contributed by atoms with Crippen LogP contribution >= 0.6 is 0 Å². The third-order valence-electron chi connectivity index (χ3n) is 11.1. The first-order valence-electron chi connectivity index (χ1n) is 19.7. The van der Waals surface area contributed by atoms with E-state index >= 15 is 0 Å². The van der Waals surface area contributed by atoms with E-state index in [9.17, 15) is 19.2 Å². The Labute approximate surface area is 342 Å². The number of alkyl carbamates (subject to hydrolysis) is 2. The molecule has 3 aromatic heterocycles. The Kier molecular flexibility index (Phi) is 12.6. The third-order valence-corrected chi connectivity index (χ3v) is 11.1. The molecule has 0 saturated carbocycles. The zero-order valence-corrected chi connectivity index (χ0v) is 33.5. The standard InChI is InChI=1S/C43H49N9O7/c1-26(57-3)37(50-43(56)58-4)41(54)52-22-6-8-35(52)39-47-25-33(49-39)31-15-11-29(12-16-31)28-9-13-30(14-10-28)32-24-46-38(48-32)34-7-5-21-51(34)40(53)36(59-42(55)44-2)23-27-17-19-45-20-18-27/h9-20,24-26,34-37H,5-8,21-23H2,1-4H3,(H,44,55)(H,46,48)(H,47,49)(H,50,56)/t26-,34+,35+,36+,37+/m1/s1. The fourth-order valence-electron chi connectivity index (χ4n) is 7.79. The lowest BCUT2D eigenvalue weighted by Crippen LogP contribution is -2.54. The highest BCUT2D eigenvalue weighted by Gasteiger charge is 2.39. The number of hydrogen-bond donors (Lipinski definition) is 4. The van der Waals surface area contributed by atoms with Gasteiger partial charge in [-0.25, -0.2) is 19.6 Å². The quantitative estimate of drug-likeness (QED) is 0.117. The first kappa shape index (κ1) is 40.6. The number of imidazole rings is 2. The van der Waals surface area contributed by atoms with Gasteiger partial charge in [-0.05, 0) is 72.6 Å². The molecule has 4 amide bonds. The van der Waals surface area contributed by atoms with E-state index < -0.39 is 30.4 Å². The number of carbonyl (C=O) groups excluding carboxylic acids is 4. The minimum Gasteiger partial charge on any atom is -0.453 e. The van der Waals surface area contributed by atoms with E-state index in [2.05, 4.69) is 59.8 Å². The molecule has 308 valence electrons. The SMILES string of the molecule is CNC(=O)O[C@@H](Cc1ccncc1)C(=O)N1CCC[C@H]1c1ncc(-c2ccc(-c3ccc(-c4cnc([C@@H]5CCCN5C(=O)[C@@H](NC(=O)OC)[C@@H](C)OC)[nH]4)cc3)cc2)[nH]1. The molecule has 16 heteroatoms. The van der Waals surface area contributed by atoms with Gasteiger partial charge in [-0.15, -0.1) is 0 Å². The van der Waals surface area contributed by atoms with Crippen LogP contribution in [0, 0.1) is 0 Å². The highest BCUT2D eigenvalue weighted by atomic mass is 16.6. The van der Waals surface area contributed by atoms with Crippen molar-refractivity contribution in [2.24, 2.45) is 0 Å². The molecule has 2 saturated heterocycles. The Balaban J connectivity index is 1.00. The molecule has 2 fully saturated rings. The number of aromatic nitrogens is 5. The second-order valence-electron chi connectivity index (χ2n) is 14.7. The number of rotatable bonds is 13. The molecular weight excluding hydrogens is 755 g/mol. The molecular formula is C43H49N9O7. The Morgan fingerprint density at radius 1 is 0.746 bits per heavy atom. The van der Waals surface area contributed by atoms with E-state index in [1.807, 2.05) is 24.3 Å². The van der Waals surface area contributed by atoms with Gasteiger partial charge in [0.2, 0.25) is 5.91 Å². The lowest BCUT2D eigenvalue weighted by atomic mass is 10.0. The Morgan fingerprint density at radius 2 is 1.25 bits per heavy atom. The van der Waals surface area contributed by atoms with Crippen LogP contribution in [0.4, 0.5) is 9.59 Å². The van der Waals surface area contributed by atoms with Crippen molar-refractivity contribution in [1.29, 1.82) is 0 Å². The topological polar surface area (TPSA) is 197 Å². The molecule has 16 nitrogen and oxygen atoms in total. The molecule has 0 aliphatic carbocycles. The van der Waals surface area contributed by atoms with Gasteiger partial charge in [-0.2, -0.15) is 0 Å². The Morgan fingerprint density at radius 3 is 1.75 bits per heavy atom. The van der Waals surface area contributed by atoms with Crippen molar-refractivity contribution in [3.05, 3.63) is 103 Å². The van der Waals surface area contributed by atoms with Crippen molar-refractivity contribution in [3.8, 4) is 33.6 Å². The van der Waals surface area contributed by atoms with Crippen molar-refractivity contribution in [2.45, 2.75) is 69.4 Å². The second-order valence-corrected chi connectivity index (χ2v) is 14.7. The van der Waals surface area contributed by atoms with E-state index in [-0.39, 0.29) is 30.3 Å². The van der Waals surface area contributed by atoms with Gasteiger partial charge in [0, 0.05) is 46.1 Å². The van der Waals surface area contributed by atoms with Crippen LogP contribution < -0.4 is 10.6 Å². The lowest BCUT2D eigenvalue weighted by Gasteiger charge is -2.30. The van der Waals surface area contributed by atoms with Crippen molar-refractivity contribution in [1.82, 2.24) is 45.4 Å². The van der Waals surface area contributed by atoms with Gasteiger partial charge >= 0.3 is 12.2 Å². The molecule has 0 unspecified atom stereocenters. The number of methoxy groups -OCH3 is 2. The minimum atomic E-state index is -0.992. The average Bonchev–Trinajstić information content (AvgIpc) is 4.12. The number of ether oxygens (including phenoxy) is 3. The minimum absolute atomic E-state index is 0.235. The summed E-state index contributed by atoms with van der Waals surface area (Å²) in [4.78, 5) is 75.4. The first-order valence-corrected chi connectivity index (χ1v) is 19.7. The number of aromatic amines is 2. The monoisotopic (exact) mass is 803 g/mol. The Bertz CT molecular complexity index is 2230. The van der Waals surface area contributed by atoms with Crippen LogP contribution in [0.2, 0.25) is 0 Å². The maximum atomic E-state index is 13.8. The number of nitrogens with zero attached hydrogens (tertiary/aromatic N) is 5. The van der Waals surface area contributed by atoms with Gasteiger partial charge in [0.15, 0.2) is 6.10 Å². The van der Waals surface area contributed by atoms with Crippen LogP contribution in [0.1, 0.15) is 61.9 Å². The number of likely N-dealkylation sites (tertiary alicyclic amines) is 2. The van der Waals surface area contributed by atoms with E-state index in [0.29, 0.717) is 24.7 Å². The number of hydrogen-bond acceptors (Lipinski definition) is 10. The summed E-state index contributed by atoms with van der Waals surface area (Å²) in [5, 5.41) is 5.07. The van der Waals surface area contributed by atoms with Crippen LogP contribution in [0.25, 0.3) is 33.6 Å². The molecule has 0 radical (unpaired) electrons. The molecule has 59 heavy (non-hydrogen) atoms. The molecule has 0 bridgehead atoms. The summed E-state index contributed by atoms with van der Waals surface area (Å²) in [6.45, 7) is 2.80. The normalized spacial score (nSPS) is 17.9. The number of nitrogens with one attached hydrogen (secondary N) is 4. The molecule has 2 aromatic carbocycles. The Hall–Kier alpha value is -6.55. The average molecular weight is 804 g/mol. The zero-order chi connectivity index (χ0) is 41.5. The summed E-state index contributed by atoms with van der Waals surface area (Å²) in [6, 6.07) is 18.5. The molecule has 5 heterocycles. The smallest absolute Gasteiger partial charge is 0.407 e. The van der Waals surface area contributed by atoms with Gasteiger partial charge < -0.3 is 44.6 Å². The van der Waals surface area contributed by atoms with E-state index in [1.165, 1.54) is 21.3 Å². The van der Waals surface area contributed by atoms with E-state index in [1.54, 1.807) is 53.6 Å². The van der Waals surface area contributed by atoms with Crippen molar-refractivity contribution < 1.29 is 33.4 Å². The fraction of sp³-hybridized carbons (Fsp3) is 0.372. The van der Waals surface area contributed by atoms with Gasteiger partial charge in [0.05, 0.1) is 49.1 Å². The van der Waals surface area contributed by atoms with Crippen LogP contribution in [-0.2, 0) is 30.2 Å². The second kappa shape index (κ2) is 18.4. The maximum absolute atomic E-state index is 13.8. The zero-order valence-electron chi connectivity index (χ0n) is 33.5. The molecule has 2 aliphatic heterocycles. The van der Waals surface area contributed by atoms with Gasteiger partial charge in [0.1, 0.15) is 17.7 Å². The molecule has 7 rings (SSSR count).